The topological polar surface area (TPSA) is 90.0 Å². The van der Waals surface area contributed by atoms with E-state index in [1.165, 1.54) is 4.52 Å². The molecule has 3 rings (SSSR count). The predicted molar refractivity (Wildman–Crippen MR) is 74.8 cm³/mol. The highest BCUT2D eigenvalue weighted by Gasteiger charge is 2.11. The number of carbonyl (C=O) groups is 1. The van der Waals surface area contributed by atoms with Crippen LogP contribution in [0.15, 0.2) is 30.7 Å². The number of aromatic nitrogens is 6. The first kappa shape index (κ1) is 13.2. The zero-order valence-electron chi connectivity index (χ0n) is 11.8. The van der Waals surface area contributed by atoms with Crippen LogP contribution in [-0.2, 0) is 0 Å². The van der Waals surface area contributed by atoms with E-state index in [1.54, 1.807) is 24.5 Å². The third-order valence-corrected chi connectivity index (χ3v) is 3.19. The zero-order valence-corrected chi connectivity index (χ0v) is 11.8. The first-order valence-electron chi connectivity index (χ1n) is 6.60. The van der Waals surface area contributed by atoms with E-state index < -0.39 is 0 Å². The van der Waals surface area contributed by atoms with Crippen molar-refractivity contribution < 1.29 is 4.79 Å². The minimum atomic E-state index is -0.164. The van der Waals surface area contributed by atoms with Crippen LogP contribution >= 0.6 is 0 Å². The van der Waals surface area contributed by atoms with Crippen LogP contribution in [0.5, 0.6) is 0 Å². The molecule has 1 atom stereocenters. The summed E-state index contributed by atoms with van der Waals surface area (Å²) in [6.45, 7) is 4.47. The van der Waals surface area contributed by atoms with E-state index in [0.29, 0.717) is 17.8 Å². The summed E-state index contributed by atoms with van der Waals surface area (Å²) in [6, 6.07) is 3.48. The Kier molecular flexibility index (Phi) is 3.35. The van der Waals surface area contributed by atoms with Gasteiger partial charge in [-0.25, -0.2) is 0 Å². The lowest BCUT2D eigenvalue weighted by Gasteiger charge is -2.13. The maximum Gasteiger partial charge on any atom is 0.252 e. The number of fused-ring (bicyclic) bond motifs is 1. The highest BCUT2D eigenvalue weighted by molar-refractivity contribution is 5.94. The predicted octanol–water partition coefficient (Wildman–Crippen LogP) is 0.620. The molecule has 21 heavy (non-hydrogen) atoms. The molecule has 8 nitrogen and oxygen atoms in total. The number of hydrogen-bond donors (Lipinski definition) is 1. The molecule has 8 heteroatoms. The number of amides is 1. The number of nitrogens with zero attached hydrogens (tertiary/aromatic N) is 6. The number of tetrazole rings is 1. The fraction of sp³-hybridized carbons (Fsp3) is 0.308. The molecule has 3 heterocycles. The molecule has 0 aliphatic heterocycles. The van der Waals surface area contributed by atoms with E-state index >= 15 is 0 Å². The Hall–Kier alpha value is -2.77. The first-order chi connectivity index (χ1) is 10.1. The van der Waals surface area contributed by atoms with Gasteiger partial charge in [0.05, 0.1) is 17.8 Å². The Balaban J connectivity index is 1.65. The molecule has 3 aromatic heterocycles. The van der Waals surface area contributed by atoms with Gasteiger partial charge >= 0.3 is 0 Å². The van der Waals surface area contributed by atoms with Crippen molar-refractivity contribution in [2.24, 2.45) is 0 Å². The fourth-order valence-corrected chi connectivity index (χ4v) is 1.99. The van der Waals surface area contributed by atoms with Gasteiger partial charge in [0, 0.05) is 18.9 Å². The van der Waals surface area contributed by atoms with Crippen LogP contribution in [0.25, 0.3) is 5.65 Å². The van der Waals surface area contributed by atoms with E-state index in [0.717, 1.165) is 5.56 Å². The molecule has 0 saturated heterocycles. The van der Waals surface area contributed by atoms with Crippen molar-refractivity contribution in [2.45, 2.75) is 19.9 Å². The van der Waals surface area contributed by atoms with Crippen molar-refractivity contribution in [2.75, 3.05) is 6.54 Å². The Bertz CT molecular complexity index is 776. The van der Waals surface area contributed by atoms with Crippen LogP contribution in [0, 0.1) is 6.92 Å². The second-order valence-electron chi connectivity index (χ2n) is 4.96. The van der Waals surface area contributed by atoms with Gasteiger partial charge in [-0.3, -0.25) is 9.48 Å². The Morgan fingerprint density at radius 1 is 1.38 bits per heavy atom. The summed E-state index contributed by atoms with van der Waals surface area (Å²) >= 11 is 0. The quantitative estimate of drug-likeness (QED) is 0.759. The van der Waals surface area contributed by atoms with Gasteiger partial charge in [-0.1, -0.05) is 0 Å². The third kappa shape index (κ3) is 2.73. The Morgan fingerprint density at radius 3 is 3.00 bits per heavy atom. The Morgan fingerprint density at radius 2 is 2.24 bits per heavy atom. The lowest BCUT2D eigenvalue weighted by Crippen LogP contribution is -2.30. The van der Waals surface area contributed by atoms with Gasteiger partial charge in [0.25, 0.3) is 5.91 Å². The van der Waals surface area contributed by atoms with Crippen molar-refractivity contribution >= 4 is 11.6 Å². The minimum absolute atomic E-state index is 0.0828. The van der Waals surface area contributed by atoms with Gasteiger partial charge in [0.1, 0.15) is 0 Å². The molecule has 0 spiro atoms. The molecule has 0 unspecified atom stereocenters. The molecule has 0 aromatic carbocycles. The van der Waals surface area contributed by atoms with E-state index in [-0.39, 0.29) is 11.9 Å². The summed E-state index contributed by atoms with van der Waals surface area (Å²) < 4.78 is 3.30. The molecule has 0 saturated carbocycles. The van der Waals surface area contributed by atoms with Crippen LogP contribution in [0.4, 0.5) is 0 Å². The van der Waals surface area contributed by atoms with Gasteiger partial charge in [0.2, 0.25) is 0 Å². The summed E-state index contributed by atoms with van der Waals surface area (Å²) in [7, 11) is 0. The van der Waals surface area contributed by atoms with Crippen LogP contribution in [0.3, 0.4) is 0 Å². The van der Waals surface area contributed by atoms with Crippen LogP contribution < -0.4 is 5.32 Å². The van der Waals surface area contributed by atoms with Crippen LogP contribution in [0.2, 0.25) is 0 Å². The fourth-order valence-electron chi connectivity index (χ4n) is 1.99. The summed E-state index contributed by atoms with van der Waals surface area (Å²) in [5.41, 5.74) is 2.21. The normalized spacial score (nSPS) is 12.5. The molecule has 0 bridgehead atoms. The molecule has 1 amide bonds. The van der Waals surface area contributed by atoms with Gasteiger partial charge in [-0.2, -0.15) is 9.61 Å². The van der Waals surface area contributed by atoms with Crippen molar-refractivity contribution in [3.8, 4) is 0 Å². The number of rotatable bonds is 4. The minimum Gasteiger partial charge on any atom is -0.350 e. The second-order valence-corrected chi connectivity index (χ2v) is 4.96. The van der Waals surface area contributed by atoms with Crippen LogP contribution in [0.1, 0.15) is 28.9 Å². The molecule has 0 aliphatic carbocycles. The zero-order chi connectivity index (χ0) is 14.8. The molecule has 108 valence electrons. The number of aryl methyl sites for hydroxylation is 1. The summed E-state index contributed by atoms with van der Waals surface area (Å²) in [4.78, 5) is 12.1. The lowest BCUT2D eigenvalue weighted by molar-refractivity contribution is 0.0947. The summed E-state index contributed by atoms with van der Waals surface area (Å²) in [6.07, 6.45) is 5.35. The average Bonchev–Trinajstić information content (AvgIpc) is 3.12. The molecule has 0 radical (unpaired) electrons. The van der Waals surface area contributed by atoms with Gasteiger partial charge in [-0.05, 0) is 42.0 Å². The van der Waals surface area contributed by atoms with Crippen molar-refractivity contribution in [1.29, 1.82) is 0 Å². The van der Waals surface area contributed by atoms with Gasteiger partial charge < -0.3 is 5.32 Å². The van der Waals surface area contributed by atoms with Crippen molar-refractivity contribution in [1.82, 2.24) is 35.1 Å². The molecule has 1 N–H and O–H groups in total. The molecular weight excluding hydrogens is 270 g/mol. The highest BCUT2D eigenvalue weighted by Crippen LogP contribution is 2.06. The Labute approximate surface area is 120 Å². The number of pyridine rings is 1. The summed E-state index contributed by atoms with van der Waals surface area (Å²) in [5.74, 6) is -0.164. The van der Waals surface area contributed by atoms with E-state index in [4.69, 9.17) is 0 Å². The van der Waals surface area contributed by atoms with Crippen LogP contribution in [-0.4, -0.2) is 42.3 Å². The number of nitrogens with one attached hydrogen (secondary N) is 1. The molecular formula is C13H15N7O. The van der Waals surface area contributed by atoms with Crippen molar-refractivity contribution in [3.05, 3.63) is 41.9 Å². The molecule has 0 aliphatic rings. The smallest absolute Gasteiger partial charge is 0.252 e. The second kappa shape index (κ2) is 5.31. The van der Waals surface area contributed by atoms with E-state index in [1.807, 2.05) is 24.7 Å². The SMILES string of the molecule is Cc1cnn([C@@H](C)CNC(=O)c2ccc3nnnn3c2)c1. The van der Waals surface area contributed by atoms with E-state index in [9.17, 15) is 4.79 Å². The molecule has 3 aromatic rings. The number of carbonyl (C=O) groups excluding carboxylic acids is 1. The average molecular weight is 285 g/mol. The molecule has 0 fully saturated rings. The third-order valence-electron chi connectivity index (χ3n) is 3.19. The number of hydrogen-bond acceptors (Lipinski definition) is 5. The van der Waals surface area contributed by atoms with Gasteiger partial charge in [0.15, 0.2) is 5.65 Å². The lowest BCUT2D eigenvalue weighted by atomic mass is 10.2. The summed E-state index contributed by atoms with van der Waals surface area (Å²) in [5, 5.41) is 18.2. The maximum absolute atomic E-state index is 12.1. The maximum atomic E-state index is 12.1. The van der Waals surface area contributed by atoms with E-state index in [2.05, 4.69) is 25.9 Å². The first-order valence-corrected chi connectivity index (χ1v) is 6.60. The van der Waals surface area contributed by atoms with Gasteiger partial charge in [-0.15, -0.1) is 5.10 Å². The largest absolute Gasteiger partial charge is 0.350 e. The highest BCUT2D eigenvalue weighted by atomic mass is 16.1. The standard InChI is InChI=1S/C13H15N7O/c1-9-5-15-19(7-9)10(2)6-14-13(21)11-3-4-12-16-17-18-20(12)8-11/h3-5,7-8,10H,6H2,1-2H3,(H,14,21)/t10-/m0/s1. The van der Waals surface area contributed by atoms with Crippen molar-refractivity contribution in [3.63, 3.8) is 0 Å². The monoisotopic (exact) mass is 285 g/mol.